The summed E-state index contributed by atoms with van der Waals surface area (Å²) >= 11 is 0. The van der Waals surface area contributed by atoms with Gasteiger partial charge < -0.3 is 4.98 Å². The van der Waals surface area contributed by atoms with Crippen LogP contribution in [0.1, 0.15) is 0 Å². The lowest BCUT2D eigenvalue weighted by molar-refractivity contribution is 1.21. The summed E-state index contributed by atoms with van der Waals surface area (Å²) in [5.41, 5.74) is 4.60. The number of nitrogens with zero attached hydrogens (tertiary/aromatic N) is 4. The van der Waals surface area contributed by atoms with E-state index in [1.54, 1.807) is 24.8 Å². The van der Waals surface area contributed by atoms with Gasteiger partial charge in [-0.3, -0.25) is 14.8 Å². The molecule has 0 bridgehead atoms. The van der Waals surface area contributed by atoms with Gasteiger partial charge in [-0.2, -0.15) is 0 Å². The van der Waals surface area contributed by atoms with Crippen LogP contribution in [0.2, 0.25) is 0 Å². The van der Waals surface area contributed by atoms with Crippen LogP contribution < -0.4 is 5.43 Å². The summed E-state index contributed by atoms with van der Waals surface area (Å²) in [6.07, 6.45) is 6.77. The van der Waals surface area contributed by atoms with Crippen LogP contribution >= 0.6 is 0 Å². The predicted molar refractivity (Wildman–Crippen MR) is 104 cm³/mol. The molecule has 0 saturated heterocycles. The Morgan fingerprint density at radius 3 is 2.56 bits per heavy atom. The number of nitrogens with one attached hydrogen (secondary N) is 1. The number of hydrogen-bond acceptors (Lipinski definition) is 5. The smallest absolute Gasteiger partial charge is 0.209 e. The number of hydrogen-bond donors (Lipinski definition) is 1. The minimum absolute atomic E-state index is 0.166. The Morgan fingerprint density at radius 1 is 0.815 bits per heavy atom. The highest BCUT2D eigenvalue weighted by molar-refractivity contribution is 5.89. The van der Waals surface area contributed by atoms with Crippen molar-refractivity contribution in [2.24, 2.45) is 0 Å². The topological polar surface area (TPSA) is 84.4 Å². The van der Waals surface area contributed by atoms with Crippen LogP contribution in [-0.2, 0) is 0 Å². The maximum atomic E-state index is 12.3. The molecule has 0 fully saturated rings. The third kappa shape index (κ3) is 2.64. The zero-order chi connectivity index (χ0) is 18.2. The van der Waals surface area contributed by atoms with Gasteiger partial charge in [-0.1, -0.05) is 12.1 Å². The van der Waals surface area contributed by atoms with Gasteiger partial charge in [0.1, 0.15) is 0 Å². The fourth-order valence-electron chi connectivity index (χ4n) is 3.12. The molecular formula is C21H13N5O. The van der Waals surface area contributed by atoms with E-state index in [-0.39, 0.29) is 5.43 Å². The second kappa shape index (κ2) is 6.10. The molecular weight excluding hydrogens is 338 g/mol. The van der Waals surface area contributed by atoms with Gasteiger partial charge in [0.15, 0.2) is 11.2 Å². The number of aromatic nitrogens is 5. The zero-order valence-corrected chi connectivity index (χ0v) is 14.1. The first-order valence-corrected chi connectivity index (χ1v) is 8.44. The molecule has 0 aliphatic rings. The summed E-state index contributed by atoms with van der Waals surface area (Å²) < 4.78 is 0. The lowest BCUT2D eigenvalue weighted by atomic mass is 10.0. The summed E-state index contributed by atoms with van der Waals surface area (Å²) in [4.78, 5) is 33.1. The van der Waals surface area contributed by atoms with Crippen molar-refractivity contribution in [3.8, 4) is 22.5 Å². The molecule has 0 aliphatic heterocycles. The molecule has 1 aromatic carbocycles. The first-order chi connectivity index (χ1) is 13.3. The summed E-state index contributed by atoms with van der Waals surface area (Å²) in [6.45, 7) is 0. The Labute approximate surface area is 153 Å². The maximum absolute atomic E-state index is 12.3. The summed E-state index contributed by atoms with van der Waals surface area (Å²) in [5.74, 6) is 0. The molecule has 6 nitrogen and oxygen atoms in total. The van der Waals surface area contributed by atoms with Crippen LogP contribution in [0, 0.1) is 0 Å². The van der Waals surface area contributed by atoms with E-state index < -0.39 is 0 Å². The molecule has 0 aliphatic carbocycles. The molecule has 0 spiro atoms. The van der Waals surface area contributed by atoms with E-state index in [1.165, 1.54) is 6.07 Å². The quantitative estimate of drug-likeness (QED) is 0.525. The normalized spacial score (nSPS) is 11.1. The summed E-state index contributed by atoms with van der Waals surface area (Å²) in [5, 5.41) is 1.000. The fraction of sp³-hybridized carbons (Fsp3) is 0. The SMILES string of the molecule is O=c1cc[nH]c2nc(-c3ccncc3)c(-c3ccc4ncccc4c3)nc12. The van der Waals surface area contributed by atoms with Crippen molar-refractivity contribution >= 4 is 22.1 Å². The molecule has 0 atom stereocenters. The summed E-state index contributed by atoms with van der Waals surface area (Å²) in [7, 11) is 0. The van der Waals surface area contributed by atoms with Crippen LogP contribution in [0.25, 0.3) is 44.6 Å². The Morgan fingerprint density at radius 2 is 1.67 bits per heavy atom. The van der Waals surface area contributed by atoms with Crippen LogP contribution in [0.15, 0.2) is 78.1 Å². The van der Waals surface area contributed by atoms with Crippen LogP contribution in [-0.4, -0.2) is 24.9 Å². The molecule has 0 radical (unpaired) electrons. The van der Waals surface area contributed by atoms with Gasteiger partial charge in [-0.05, 0) is 30.3 Å². The van der Waals surface area contributed by atoms with Crippen LogP contribution in [0.3, 0.4) is 0 Å². The molecule has 1 N–H and O–H groups in total. The Hall–Kier alpha value is -3.93. The van der Waals surface area contributed by atoms with Crippen molar-refractivity contribution in [1.29, 1.82) is 0 Å². The van der Waals surface area contributed by atoms with E-state index in [1.807, 2.05) is 42.5 Å². The molecule has 5 aromatic rings. The highest BCUT2D eigenvalue weighted by atomic mass is 16.1. The minimum Gasteiger partial charge on any atom is -0.345 e. The molecule has 4 heterocycles. The number of rotatable bonds is 2. The molecule has 0 amide bonds. The molecule has 6 heteroatoms. The average molecular weight is 351 g/mol. The largest absolute Gasteiger partial charge is 0.345 e. The van der Waals surface area contributed by atoms with Gasteiger partial charge in [0.05, 0.1) is 16.9 Å². The van der Waals surface area contributed by atoms with Crippen LogP contribution in [0.5, 0.6) is 0 Å². The van der Waals surface area contributed by atoms with Gasteiger partial charge in [0.2, 0.25) is 5.43 Å². The third-order valence-electron chi connectivity index (χ3n) is 4.41. The van der Waals surface area contributed by atoms with E-state index in [4.69, 9.17) is 4.98 Å². The van der Waals surface area contributed by atoms with E-state index in [2.05, 4.69) is 19.9 Å². The molecule has 0 unspecified atom stereocenters. The van der Waals surface area contributed by atoms with Gasteiger partial charge in [0, 0.05) is 47.4 Å². The van der Waals surface area contributed by atoms with E-state index in [9.17, 15) is 4.79 Å². The number of benzene rings is 1. The van der Waals surface area contributed by atoms with Crippen molar-refractivity contribution in [3.05, 3.63) is 83.5 Å². The highest BCUT2D eigenvalue weighted by Gasteiger charge is 2.15. The van der Waals surface area contributed by atoms with Crippen molar-refractivity contribution in [2.75, 3.05) is 0 Å². The predicted octanol–water partition coefficient (Wildman–Crippen LogP) is 3.60. The Bertz CT molecular complexity index is 1350. The first-order valence-electron chi connectivity index (χ1n) is 8.44. The zero-order valence-electron chi connectivity index (χ0n) is 14.1. The lowest BCUT2D eigenvalue weighted by Gasteiger charge is -2.10. The number of aromatic amines is 1. The van der Waals surface area contributed by atoms with E-state index >= 15 is 0 Å². The van der Waals surface area contributed by atoms with Gasteiger partial charge in [-0.25, -0.2) is 9.97 Å². The molecule has 5 rings (SSSR count). The van der Waals surface area contributed by atoms with Crippen molar-refractivity contribution in [1.82, 2.24) is 24.9 Å². The van der Waals surface area contributed by atoms with Crippen molar-refractivity contribution < 1.29 is 0 Å². The van der Waals surface area contributed by atoms with Crippen molar-refractivity contribution in [2.45, 2.75) is 0 Å². The highest BCUT2D eigenvalue weighted by Crippen LogP contribution is 2.31. The van der Waals surface area contributed by atoms with Crippen molar-refractivity contribution in [3.63, 3.8) is 0 Å². The maximum Gasteiger partial charge on any atom is 0.209 e. The Kier molecular flexibility index (Phi) is 3.47. The molecule has 4 aromatic heterocycles. The third-order valence-corrected chi connectivity index (χ3v) is 4.41. The summed E-state index contributed by atoms with van der Waals surface area (Å²) in [6, 6.07) is 15.0. The molecule has 128 valence electrons. The lowest BCUT2D eigenvalue weighted by Crippen LogP contribution is -2.06. The average Bonchev–Trinajstić information content (AvgIpc) is 2.73. The van der Waals surface area contributed by atoms with Gasteiger partial charge in [-0.15, -0.1) is 0 Å². The minimum atomic E-state index is -0.166. The van der Waals surface area contributed by atoms with Crippen LogP contribution in [0.4, 0.5) is 0 Å². The second-order valence-electron chi connectivity index (χ2n) is 6.11. The molecule has 0 saturated carbocycles. The van der Waals surface area contributed by atoms with E-state index in [0.717, 1.165) is 22.0 Å². The second-order valence-corrected chi connectivity index (χ2v) is 6.11. The van der Waals surface area contributed by atoms with Gasteiger partial charge >= 0.3 is 0 Å². The standard InChI is InChI=1S/C21H13N5O/c27-17-7-11-24-21-20(17)25-19(18(26-21)13-5-9-22-10-6-13)15-3-4-16-14(12-15)2-1-8-23-16/h1-12H,(H,24,26,27). The van der Waals surface area contributed by atoms with Gasteiger partial charge in [0.25, 0.3) is 0 Å². The Balaban J connectivity index is 1.85. The first kappa shape index (κ1) is 15.3. The monoisotopic (exact) mass is 351 g/mol. The van der Waals surface area contributed by atoms with E-state index in [0.29, 0.717) is 22.6 Å². The molecule has 27 heavy (non-hydrogen) atoms. The number of pyridine rings is 3. The fourth-order valence-corrected chi connectivity index (χ4v) is 3.12. The number of fused-ring (bicyclic) bond motifs is 2. The number of H-pyrrole nitrogens is 1.